The number of benzene rings is 1. The highest BCUT2D eigenvalue weighted by Gasteiger charge is 2.22. The molecule has 3 rings (SSSR count). The van der Waals surface area contributed by atoms with Gasteiger partial charge in [0.25, 0.3) is 5.91 Å². The van der Waals surface area contributed by atoms with Crippen LogP contribution in [0.3, 0.4) is 0 Å². The maximum Gasteiger partial charge on any atom is 0.264 e. The van der Waals surface area contributed by atoms with Crippen molar-refractivity contribution in [3.05, 3.63) is 34.3 Å². The normalized spacial score (nSPS) is 17.0. The first-order valence-electron chi connectivity index (χ1n) is 8.51. The van der Waals surface area contributed by atoms with E-state index in [4.69, 9.17) is 9.47 Å². The molecule has 1 aliphatic rings. The van der Waals surface area contributed by atoms with E-state index in [0.29, 0.717) is 16.8 Å². The van der Waals surface area contributed by atoms with Crippen molar-refractivity contribution in [3.63, 3.8) is 0 Å². The lowest BCUT2D eigenvalue weighted by Gasteiger charge is -2.12. The van der Waals surface area contributed by atoms with Crippen LogP contribution in [-0.4, -0.2) is 29.3 Å². The number of rotatable bonds is 6. The minimum atomic E-state index is -0.249. The van der Waals surface area contributed by atoms with Crippen molar-refractivity contribution in [1.82, 2.24) is 10.2 Å². The van der Waals surface area contributed by atoms with E-state index in [1.807, 2.05) is 18.2 Å². The van der Waals surface area contributed by atoms with Crippen LogP contribution in [0.2, 0.25) is 0 Å². The lowest BCUT2D eigenvalue weighted by Crippen LogP contribution is -2.20. The van der Waals surface area contributed by atoms with Crippen LogP contribution in [-0.2, 0) is 9.53 Å². The summed E-state index contributed by atoms with van der Waals surface area (Å²) in [6.45, 7) is 7.06. The number of ether oxygens (including phenoxy) is 2. The molecule has 7 heteroatoms. The molecule has 1 amide bonds. The van der Waals surface area contributed by atoms with Gasteiger partial charge in [-0.3, -0.25) is 10.1 Å². The Labute approximate surface area is 151 Å². The summed E-state index contributed by atoms with van der Waals surface area (Å²) in [6.07, 6.45) is 2.01. The summed E-state index contributed by atoms with van der Waals surface area (Å²) in [7, 11) is 0. The van der Waals surface area contributed by atoms with Crippen LogP contribution < -0.4 is 10.1 Å². The van der Waals surface area contributed by atoms with Crippen LogP contribution in [0.25, 0.3) is 0 Å². The fourth-order valence-electron chi connectivity index (χ4n) is 2.88. The maximum atomic E-state index is 12.0. The third-order valence-electron chi connectivity index (χ3n) is 4.13. The van der Waals surface area contributed by atoms with Gasteiger partial charge in [0.2, 0.25) is 5.13 Å². The average molecular weight is 361 g/mol. The molecule has 0 aliphatic carbocycles. The van der Waals surface area contributed by atoms with Crippen LogP contribution in [0.4, 0.5) is 5.13 Å². The summed E-state index contributed by atoms with van der Waals surface area (Å²) < 4.78 is 11.2. The van der Waals surface area contributed by atoms with E-state index in [-0.39, 0.29) is 18.6 Å². The zero-order chi connectivity index (χ0) is 17.8. The number of carbonyl (C=O) groups excluding carboxylic acids is 1. The van der Waals surface area contributed by atoms with E-state index in [1.54, 1.807) is 0 Å². The van der Waals surface area contributed by atoms with Gasteiger partial charge in [-0.2, -0.15) is 0 Å². The molecule has 0 unspecified atom stereocenters. The molecule has 0 bridgehead atoms. The zero-order valence-corrected chi connectivity index (χ0v) is 15.6. The van der Waals surface area contributed by atoms with Crippen LogP contribution in [0.1, 0.15) is 54.8 Å². The minimum absolute atomic E-state index is 0.0156. The molecule has 2 heterocycles. The number of anilines is 1. The van der Waals surface area contributed by atoms with Gasteiger partial charge in [-0.25, -0.2) is 0 Å². The molecule has 25 heavy (non-hydrogen) atoms. The Balaban J connectivity index is 1.52. The van der Waals surface area contributed by atoms with Crippen molar-refractivity contribution in [3.8, 4) is 5.75 Å². The Morgan fingerprint density at radius 2 is 2.28 bits per heavy atom. The Kier molecular flexibility index (Phi) is 5.65. The highest BCUT2D eigenvalue weighted by molar-refractivity contribution is 7.15. The van der Waals surface area contributed by atoms with E-state index in [1.165, 1.54) is 22.5 Å². The van der Waals surface area contributed by atoms with E-state index in [0.717, 1.165) is 24.5 Å². The molecule has 1 fully saturated rings. The Morgan fingerprint density at radius 3 is 2.96 bits per heavy atom. The van der Waals surface area contributed by atoms with Gasteiger partial charge in [-0.05, 0) is 48.9 Å². The van der Waals surface area contributed by atoms with Gasteiger partial charge in [0.1, 0.15) is 16.9 Å². The van der Waals surface area contributed by atoms with Crippen LogP contribution >= 0.6 is 11.3 Å². The van der Waals surface area contributed by atoms with Gasteiger partial charge in [-0.1, -0.05) is 31.3 Å². The van der Waals surface area contributed by atoms with Gasteiger partial charge >= 0.3 is 0 Å². The summed E-state index contributed by atoms with van der Waals surface area (Å²) >= 11 is 1.35. The highest BCUT2D eigenvalue weighted by Crippen LogP contribution is 2.31. The molecule has 0 saturated carbocycles. The third-order valence-corrected chi connectivity index (χ3v) is 5.06. The molecule has 0 radical (unpaired) electrons. The number of aryl methyl sites for hydroxylation is 1. The summed E-state index contributed by atoms with van der Waals surface area (Å²) in [5, 5.41) is 12.1. The molecule has 2 aromatic rings. The topological polar surface area (TPSA) is 73.3 Å². The van der Waals surface area contributed by atoms with Crippen LogP contribution in [0.5, 0.6) is 5.75 Å². The van der Waals surface area contributed by atoms with Gasteiger partial charge in [0.05, 0.1) is 0 Å². The predicted octanol–water partition coefficient (Wildman–Crippen LogP) is 3.84. The summed E-state index contributed by atoms with van der Waals surface area (Å²) in [6, 6.07) is 5.91. The fraction of sp³-hybridized carbons (Fsp3) is 0.500. The molecular formula is C18H23N3O3S. The summed E-state index contributed by atoms with van der Waals surface area (Å²) in [4.78, 5) is 12.0. The molecule has 1 atom stereocenters. The Morgan fingerprint density at radius 1 is 1.44 bits per heavy atom. The smallest absolute Gasteiger partial charge is 0.264 e. The van der Waals surface area contributed by atoms with Crippen LogP contribution in [0.15, 0.2) is 18.2 Å². The number of aromatic nitrogens is 2. The van der Waals surface area contributed by atoms with Gasteiger partial charge < -0.3 is 9.47 Å². The van der Waals surface area contributed by atoms with Crippen molar-refractivity contribution < 1.29 is 14.3 Å². The van der Waals surface area contributed by atoms with Crippen molar-refractivity contribution in [2.75, 3.05) is 18.5 Å². The Hall–Kier alpha value is -1.99. The Bertz CT molecular complexity index is 739. The first kappa shape index (κ1) is 17.8. The second kappa shape index (κ2) is 7.93. The van der Waals surface area contributed by atoms with E-state index in [2.05, 4.69) is 36.3 Å². The van der Waals surface area contributed by atoms with Crippen molar-refractivity contribution in [2.45, 2.75) is 45.6 Å². The number of hydrogen-bond donors (Lipinski definition) is 1. The predicted molar refractivity (Wildman–Crippen MR) is 97.2 cm³/mol. The number of nitrogens with one attached hydrogen (secondary N) is 1. The standard InChI is InChI=1S/C18H23N3O3S/c1-11(2)14-7-6-13(9-12(14)3)24-10-16(22)19-18-21-20-17(25-18)15-5-4-8-23-15/h6-7,9,11,15H,4-5,8,10H2,1-3H3,(H,19,21,22)/t15-/m0/s1. The second-order valence-corrected chi connectivity index (χ2v) is 7.47. The monoisotopic (exact) mass is 361 g/mol. The van der Waals surface area contributed by atoms with Crippen LogP contribution in [0, 0.1) is 6.92 Å². The minimum Gasteiger partial charge on any atom is -0.484 e. The quantitative estimate of drug-likeness (QED) is 0.846. The molecule has 134 valence electrons. The lowest BCUT2D eigenvalue weighted by molar-refractivity contribution is -0.118. The van der Waals surface area contributed by atoms with E-state index in [9.17, 15) is 4.79 Å². The largest absolute Gasteiger partial charge is 0.484 e. The fourth-order valence-corrected chi connectivity index (χ4v) is 3.72. The molecule has 1 aromatic carbocycles. The lowest BCUT2D eigenvalue weighted by atomic mass is 9.98. The van der Waals surface area contributed by atoms with E-state index >= 15 is 0 Å². The third kappa shape index (κ3) is 4.55. The number of hydrogen-bond acceptors (Lipinski definition) is 6. The maximum absolute atomic E-state index is 12.0. The number of carbonyl (C=O) groups is 1. The average Bonchev–Trinajstić information content (AvgIpc) is 3.23. The van der Waals surface area contributed by atoms with Crippen molar-refractivity contribution >= 4 is 22.4 Å². The molecular weight excluding hydrogens is 338 g/mol. The second-order valence-electron chi connectivity index (χ2n) is 6.46. The molecule has 1 aromatic heterocycles. The van der Waals surface area contributed by atoms with Gasteiger partial charge in [-0.15, -0.1) is 10.2 Å². The number of amides is 1. The first-order chi connectivity index (χ1) is 12.0. The summed E-state index contributed by atoms with van der Waals surface area (Å²) in [5.74, 6) is 0.905. The van der Waals surface area contributed by atoms with Crippen molar-refractivity contribution in [1.29, 1.82) is 0 Å². The first-order valence-corrected chi connectivity index (χ1v) is 9.33. The zero-order valence-electron chi connectivity index (χ0n) is 14.7. The molecule has 1 aliphatic heterocycles. The molecule has 1 saturated heterocycles. The van der Waals surface area contributed by atoms with Gasteiger partial charge in [0, 0.05) is 6.61 Å². The molecule has 1 N–H and O–H groups in total. The molecule has 0 spiro atoms. The van der Waals surface area contributed by atoms with Gasteiger partial charge in [0.15, 0.2) is 6.61 Å². The van der Waals surface area contributed by atoms with E-state index < -0.39 is 0 Å². The molecule has 6 nitrogen and oxygen atoms in total. The highest BCUT2D eigenvalue weighted by atomic mass is 32.1. The number of nitrogens with zero attached hydrogens (tertiary/aromatic N) is 2. The van der Waals surface area contributed by atoms with Crippen molar-refractivity contribution in [2.24, 2.45) is 0 Å². The summed E-state index contributed by atoms with van der Waals surface area (Å²) in [5.41, 5.74) is 2.45. The SMILES string of the molecule is Cc1cc(OCC(=O)Nc2nnc([C@@H]3CCCO3)s2)ccc1C(C)C.